The average molecular weight is 337 g/mol. The van der Waals surface area contributed by atoms with Crippen LogP contribution in [-0.2, 0) is 6.54 Å². The van der Waals surface area contributed by atoms with Gasteiger partial charge in [0.2, 0.25) is 5.52 Å². The summed E-state index contributed by atoms with van der Waals surface area (Å²) in [6.45, 7) is 0.716. The van der Waals surface area contributed by atoms with E-state index in [9.17, 15) is 0 Å². The molecule has 0 aliphatic carbocycles. The Morgan fingerprint density at radius 1 is 0.769 bits per heavy atom. The highest BCUT2D eigenvalue weighted by atomic mass is 16.5. The zero-order valence-corrected chi connectivity index (χ0v) is 14.2. The summed E-state index contributed by atoms with van der Waals surface area (Å²) in [6, 6.07) is 31.9. The highest BCUT2D eigenvalue weighted by Crippen LogP contribution is 2.22. The molecule has 0 aliphatic heterocycles. The maximum absolute atomic E-state index is 8.95. The van der Waals surface area contributed by atoms with Crippen LogP contribution in [0.2, 0.25) is 0 Å². The summed E-state index contributed by atoms with van der Waals surface area (Å²) < 4.78 is 8.31. The lowest BCUT2D eigenvalue weighted by Crippen LogP contribution is -2.36. The molecule has 0 spiro atoms. The molecular formula is C23H17N2O+. The third kappa shape index (κ3) is 3.26. The average Bonchev–Trinajstić information content (AvgIpc) is 2.71. The fourth-order valence-corrected chi connectivity index (χ4v) is 2.98. The Bertz CT molecular complexity index is 1080. The Labute approximate surface area is 152 Å². The first-order chi connectivity index (χ1) is 12.8. The second-order valence-corrected chi connectivity index (χ2v) is 6.04. The van der Waals surface area contributed by atoms with E-state index >= 15 is 0 Å². The first-order valence-corrected chi connectivity index (χ1v) is 8.47. The first kappa shape index (κ1) is 15.9. The van der Waals surface area contributed by atoms with Crippen molar-refractivity contribution in [1.82, 2.24) is 0 Å². The number of fused-ring (bicyclic) bond motifs is 1. The SMILES string of the molecule is N#Cc1ccc(Oc2ccc3ccccc3[n+]2Cc2ccccc2)cc1. The van der Waals surface area contributed by atoms with Gasteiger partial charge in [-0.25, -0.2) is 0 Å². The van der Waals surface area contributed by atoms with Crippen molar-refractivity contribution in [3.05, 3.63) is 102 Å². The van der Waals surface area contributed by atoms with E-state index < -0.39 is 0 Å². The number of para-hydroxylation sites is 1. The summed E-state index contributed by atoms with van der Waals surface area (Å²) in [5.41, 5.74) is 2.94. The summed E-state index contributed by atoms with van der Waals surface area (Å²) in [6.07, 6.45) is 0. The number of rotatable bonds is 4. The van der Waals surface area contributed by atoms with Gasteiger partial charge in [-0.1, -0.05) is 42.5 Å². The molecule has 3 heteroatoms. The van der Waals surface area contributed by atoms with Crippen LogP contribution in [0.5, 0.6) is 11.6 Å². The normalized spacial score (nSPS) is 10.4. The number of ether oxygens (including phenoxy) is 1. The maximum Gasteiger partial charge on any atom is 0.374 e. The van der Waals surface area contributed by atoms with Gasteiger partial charge in [0.15, 0.2) is 6.54 Å². The molecule has 0 amide bonds. The van der Waals surface area contributed by atoms with Crippen LogP contribution in [0, 0.1) is 11.3 Å². The van der Waals surface area contributed by atoms with E-state index in [1.165, 1.54) is 5.56 Å². The first-order valence-electron chi connectivity index (χ1n) is 8.47. The lowest BCUT2D eigenvalue weighted by atomic mass is 10.2. The third-order valence-corrected chi connectivity index (χ3v) is 4.29. The smallest absolute Gasteiger partial charge is 0.374 e. The van der Waals surface area contributed by atoms with Crippen molar-refractivity contribution in [3.63, 3.8) is 0 Å². The van der Waals surface area contributed by atoms with Gasteiger partial charge in [0.25, 0.3) is 0 Å². The van der Waals surface area contributed by atoms with E-state index in [0.717, 1.165) is 16.8 Å². The van der Waals surface area contributed by atoms with Gasteiger partial charge in [0.05, 0.1) is 17.7 Å². The quantitative estimate of drug-likeness (QED) is 0.500. The Morgan fingerprint density at radius 2 is 1.50 bits per heavy atom. The van der Waals surface area contributed by atoms with Gasteiger partial charge in [-0.3, -0.25) is 0 Å². The Kier molecular flexibility index (Phi) is 4.32. The molecule has 3 aromatic carbocycles. The molecule has 0 aliphatic rings. The summed E-state index contributed by atoms with van der Waals surface area (Å²) >= 11 is 0. The Morgan fingerprint density at radius 3 is 2.27 bits per heavy atom. The molecule has 0 saturated carbocycles. The standard InChI is InChI=1S/C23H17N2O/c24-16-18-10-13-21(14-11-18)26-23-15-12-20-8-4-5-9-22(20)25(23)17-19-6-2-1-3-7-19/h1-15H,17H2/q+1. The summed E-state index contributed by atoms with van der Waals surface area (Å²) in [7, 11) is 0. The number of hydrogen-bond donors (Lipinski definition) is 0. The maximum atomic E-state index is 8.95. The molecule has 0 bridgehead atoms. The molecule has 1 heterocycles. The van der Waals surface area contributed by atoms with E-state index in [0.29, 0.717) is 17.9 Å². The van der Waals surface area contributed by atoms with Crippen LogP contribution in [0.25, 0.3) is 10.9 Å². The predicted octanol–water partition coefficient (Wildman–Crippen LogP) is 4.84. The fourth-order valence-electron chi connectivity index (χ4n) is 2.98. The lowest BCUT2D eigenvalue weighted by molar-refractivity contribution is -0.666. The van der Waals surface area contributed by atoms with Crippen molar-refractivity contribution >= 4 is 10.9 Å². The van der Waals surface area contributed by atoms with E-state index in [1.807, 2.05) is 48.5 Å². The molecule has 3 nitrogen and oxygen atoms in total. The molecule has 0 radical (unpaired) electrons. The number of nitriles is 1. The van der Waals surface area contributed by atoms with Gasteiger partial charge in [0.1, 0.15) is 5.75 Å². The minimum atomic E-state index is 0.619. The van der Waals surface area contributed by atoms with Crippen LogP contribution in [0.4, 0.5) is 0 Å². The van der Waals surface area contributed by atoms with E-state index in [1.54, 1.807) is 12.1 Å². The van der Waals surface area contributed by atoms with Crippen molar-refractivity contribution in [1.29, 1.82) is 5.26 Å². The highest BCUT2D eigenvalue weighted by Gasteiger charge is 2.18. The van der Waals surface area contributed by atoms with Crippen molar-refractivity contribution in [2.45, 2.75) is 6.54 Å². The fraction of sp³-hybridized carbons (Fsp3) is 0.0435. The molecule has 4 aromatic rings. The highest BCUT2D eigenvalue weighted by molar-refractivity contribution is 5.75. The van der Waals surface area contributed by atoms with Crippen LogP contribution in [-0.4, -0.2) is 0 Å². The summed E-state index contributed by atoms with van der Waals surface area (Å²) in [5.74, 6) is 1.47. The number of hydrogen-bond acceptors (Lipinski definition) is 2. The van der Waals surface area contributed by atoms with Crippen molar-refractivity contribution in [2.24, 2.45) is 0 Å². The van der Waals surface area contributed by atoms with E-state index in [2.05, 4.69) is 41.0 Å². The van der Waals surface area contributed by atoms with Crippen molar-refractivity contribution in [3.8, 4) is 17.7 Å². The molecule has 0 fully saturated rings. The lowest BCUT2D eigenvalue weighted by Gasteiger charge is -2.09. The Hall–Kier alpha value is -3.64. The predicted molar refractivity (Wildman–Crippen MR) is 101 cm³/mol. The molecule has 0 N–H and O–H groups in total. The topological polar surface area (TPSA) is 36.9 Å². The molecule has 4 rings (SSSR count). The Balaban J connectivity index is 1.77. The molecule has 1 aromatic heterocycles. The largest absolute Gasteiger partial charge is 0.405 e. The van der Waals surface area contributed by atoms with Gasteiger partial charge >= 0.3 is 5.88 Å². The van der Waals surface area contributed by atoms with Gasteiger partial charge in [-0.05, 0) is 36.4 Å². The molecular weight excluding hydrogens is 320 g/mol. The van der Waals surface area contributed by atoms with Crippen molar-refractivity contribution < 1.29 is 9.30 Å². The molecule has 0 atom stereocenters. The zero-order valence-electron chi connectivity index (χ0n) is 14.2. The summed E-state index contributed by atoms with van der Waals surface area (Å²) in [4.78, 5) is 0. The van der Waals surface area contributed by atoms with Crippen molar-refractivity contribution in [2.75, 3.05) is 0 Å². The monoisotopic (exact) mass is 337 g/mol. The zero-order chi connectivity index (χ0) is 17.8. The number of nitrogens with zero attached hydrogens (tertiary/aromatic N) is 2. The number of benzene rings is 3. The van der Waals surface area contributed by atoms with E-state index in [-0.39, 0.29) is 0 Å². The molecule has 124 valence electrons. The molecule has 0 unspecified atom stereocenters. The van der Waals surface area contributed by atoms with Crippen LogP contribution >= 0.6 is 0 Å². The van der Waals surface area contributed by atoms with Crippen LogP contribution < -0.4 is 9.30 Å². The van der Waals surface area contributed by atoms with Gasteiger partial charge < -0.3 is 4.74 Å². The summed E-state index contributed by atoms with van der Waals surface area (Å²) in [5, 5.41) is 10.1. The second kappa shape index (κ2) is 7.08. The molecule has 0 saturated heterocycles. The number of pyridine rings is 1. The van der Waals surface area contributed by atoms with Gasteiger partial charge in [-0.2, -0.15) is 9.83 Å². The third-order valence-electron chi connectivity index (χ3n) is 4.29. The van der Waals surface area contributed by atoms with Crippen LogP contribution in [0.1, 0.15) is 11.1 Å². The van der Waals surface area contributed by atoms with Crippen LogP contribution in [0.3, 0.4) is 0 Å². The number of aromatic nitrogens is 1. The second-order valence-electron chi connectivity index (χ2n) is 6.04. The van der Waals surface area contributed by atoms with Gasteiger partial charge in [0, 0.05) is 17.0 Å². The van der Waals surface area contributed by atoms with Crippen LogP contribution in [0.15, 0.2) is 91.0 Å². The minimum absolute atomic E-state index is 0.619. The van der Waals surface area contributed by atoms with Gasteiger partial charge in [-0.15, -0.1) is 0 Å². The minimum Gasteiger partial charge on any atom is -0.405 e. The van der Waals surface area contributed by atoms with E-state index in [4.69, 9.17) is 10.00 Å². The molecule has 26 heavy (non-hydrogen) atoms.